The third-order valence-corrected chi connectivity index (χ3v) is 0. The van der Waals surface area contributed by atoms with Crippen molar-refractivity contribution >= 4 is 22.2 Å². The first-order valence-corrected chi connectivity index (χ1v) is 2.75. The van der Waals surface area contributed by atoms with Crippen molar-refractivity contribution in [3.05, 3.63) is 0 Å². The minimum atomic E-state index is -4.67. The van der Waals surface area contributed by atoms with Crippen molar-refractivity contribution in [2.24, 2.45) is 5.25 Å². The van der Waals surface area contributed by atoms with E-state index in [2.05, 4.69) is 17.0 Å². The third kappa shape index (κ3) is 516. The number of hydrogen-bond acceptors (Lipinski definition) is 3. The molecule has 1 radical (unpaired) electrons. The summed E-state index contributed by atoms with van der Waals surface area (Å²) in [7, 11) is -4.67. The maximum atomic E-state index is 8.74. The first-order valence-electron chi connectivity index (χ1n) is 0.917. The molecule has 0 fully saturated rings. The molecule has 4 N–H and O–H groups in total. The van der Waals surface area contributed by atoms with Gasteiger partial charge in [-0.3, -0.25) is 9.11 Å². The Morgan fingerprint density at radius 2 is 1.25 bits per heavy atom. The Labute approximate surface area is 62.4 Å². The Balaban J connectivity index is -0.0000000750. The molecular formula is H4ClCuNO4S. The van der Waals surface area contributed by atoms with Crippen molar-refractivity contribution in [2.75, 3.05) is 0 Å². The Bertz CT molecular complexity index is 99.2. The van der Waals surface area contributed by atoms with Gasteiger partial charge in [0.15, 0.2) is 0 Å². The summed E-state index contributed by atoms with van der Waals surface area (Å²) in [5.74, 6) is 0. The number of halogens is 1. The minimum Gasteiger partial charge on any atom is -0.264 e. The van der Waals surface area contributed by atoms with Crippen LogP contribution in [0.15, 0.2) is 0 Å². The van der Waals surface area contributed by atoms with Crippen LogP contribution < -0.4 is 5.25 Å². The smallest absolute Gasteiger partial charge is 0.264 e. The van der Waals surface area contributed by atoms with Crippen LogP contribution in [0.2, 0.25) is 0 Å². The van der Waals surface area contributed by atoms with E-state index in [1.165, 1.54) is 0 Å². The van der Waals surface area contributed by atoms with E-state index in [9.17, 15) is 0 Å². The Morgan fingerprint density at radius 3 is 1.25 bits per heavy atom. The van der Waals surface area contributed by atoms with Crippen molar-refractivity contribution in [1.29, 1.82) is 0 Å². The third-order valence-electron chi connectivity index (χ3n) is 0. The molecule has 0 aliphatic rings. The van der Waals surface area contributed by atoms with E-state index in [4.69, 9.17) is 17.5 Å². The fourth-order valence-corrected chi connectivity index (χ4v) is 0. The monoisotopic (exact) mass is 212 g/mol. The predicted octanol–water partition coefficient (Wildman–Crippen LogP) is -0.556. The SMILES string of the molecule is NCl.O=S(=O)(O)O.[Cu]. The van der Waals surface area contributed by atoms with Gasteiger partial charge < -0.3 is 0 Å². The van der Waals surface area contributed by atoms with E-state index in [-0.39, 0.29) is 17.1 Å². The van der Waals surface area contributed by atoms with E-state index in [1.807, 2.05) is 0 Å². The number of hydrogen-bond donors (Lipinski definition) is 3. The van der Waals surface area contributed by atoms with E-state index in [1.54, 1.807) is 0 Å². The van der Waals surface area contributed by atoms with Gasteiger partial charge in [-0.15, -0.1) is 0 Å². The van der Waals surface area contributed by atoms with Crippen molar-refractivity contribution < 1.29 is 34.6 Å². The van der Waals surface area contributed by atoms with Crippen LogP contribution in [0.3, 0.4) is 0 Å². The summed E-state index contributed by atoms with van der Waals surface area (Å²) in [4.78, 5) is 0. The van der Waals surface area contributed by atoms with Crippen LogP contribution in [-0.4, -0.2) is 17.5 Å². The summed E-state index contributed by atoms with van der Waals surface area (Å²) in [6, 6.07) is 0. The summed E-state index contributed by atoms with van der Waals surface area (Å²) < 4.78 is 31.6. The van der Waals surface area contributed by atoms with Crippen LogP contribution in [0.25, 0.3) is 0 Å². The molecule has 0 atom stereocenters. The quantitative estimate of drug-likeness (QED) is 0.284. The molecule has 0 aliphatic heterocycles. The van der Waals surface area contributed by atoms with E-state index in [0.29, 0.717) is 0 Å². The zero-order chi connectivity index (χ0) is 6.50. The van der Waals surface area contributed by atoms with Crippen LogP contribution in [0.5, 0.6) is 0 Å². The Hall–Kier alpha value is 0.639. The van der Waals surface area contributed by atoms with E-state index in [0.717, 1.165) is 0 Å². The van der Waals surface area contributed by atoms with Gasteiger partial charge in [0.25, 0.3) is 0 Å². The van der Waals surface area contributed by atoms with Gasteiger partial charge in [0.05, 0.1) is 0 Å². The molecule has 0 unspecified atom stereocenters. The summed E-state index contributed by atoms with van der Waals surface area (Å²) in [5.41, 5.74) is 0. The van der Waals surface area contributed by atoms with Gasteiger partial charge in [0.1, 0.15) is 0 Å². The summed E-state index contributed by atoms with van der Waals surface area (Å²) in [6.45, 7) is 0. The molecule has 0 heterocycles. The molecule has 5 nitrogen and oxygen atoms in total. The second-order valence-corrected chi connectivity index (χ2v) is 1.34. The molecule has 8 heteroatoms. The molecule has 0 aromatic rings. The normalized spacial score (nSPS) is 8.00. The van der Waals surface area contributed by atoms with Crippen molar-refractivity contribution in [1.82, 2.24) is 0 Å². The Kier molecular flexibility index (Phi) is 15.1. The first-order chi connectivity index (χ1) is 3.00. The van der Waals surface area contributed by atoms with Crippen LogP contribution in [0.1, 0.15) is 0 Å². The zero-order valence-electron chi connectivity index (χ0n) is 3.38. The minimum absolute atomic E-state index is 0. The second-order valence-electron chi connectivity index (χ2n) is 0.448. The molecule has 0 spiro atoms. The van der Waals surface area contributed by atoms with Crippen LogP contribution in [0.4, 0.5) is 0 Å². The summed E-state index contributed by atoms with van der Waals surface area (Å²) >= 11 is 4.14. The summed E-state index contributed by atoms with van der Waals surface area (Å²) in [5, 5.41) is 3.97. The van der Waals surface area contributed by atoms with Gasteiger partial charge in [0, 0.05) is 17.1 Å². The molecule has 0 aromatic heterocycles. The van der Waals surface area contributed by atoms with Gasteiger partial charge in [-0.25, -0.2) is 5.25 Å². The fourth-order valence-electron chi connectivity index (χ4n) is 0. The average Bonchev–Trinajstić information content (AvgIpc) is 1.36. The molecule has 0 saturated heterocycles. The van der Waals surface area contributed by atoms with Gasteiger partial charge in [-0.2, -0.15) is 8.42 Å². The zero-order valence-corrected chi connectivity index (χ0v) is 5.89. The first kappa shape index (κ1) is 15.9. The second kappa shape index (κ2) is 7.64. The largest absolute Gasteiger partial charge is 0.394 e. The molecule has 57 valence electrons. The standard InChI is InChI=1S/ClH2N.Cu.H2O4S/c1-2;;1-5(2,3)4/h2H2;;(H2,1,2,3,4). The van der Waals surface area contributed by atoms with Gasteiger partial charge in [-0.05, 0) is 11.8 Å². The maximum absolute atomic E-state index is 8.74. The maximum Gasteiger partial charge on any atom is 0.394 e. The molecule has 0 amide bonds. The van der Waals surface area contributed by atoms with Gasteiger partial charge >= 0.3 is 10.4 Å². The van der Waals surface area contributed by atoms with Crippen molar-refractivity contribution in [3.8, 4) is 0 Å². The number of rotatable bonds is 0. The average molecular weight is 213 g/mol. The van der Waals surface area contributed by atoms with Crippen LogP contribution in [0, 0.1) is 0 Å². The van der Waals surface area contributed by atoms with E-state index < -0.39 is 10.4 Å². The Morgan fingerprint density at radius 1 is 1.25 bits per heavy atom. The molecule has 0 aromatic carbocycles. The topological polar surface area (TPSA) is 101 Å². The number of nitrogens with two attached hydrogens (primary N) is 1. The van der Waals surface area contributed by atoms with Crippen LogP contribution in [-0.2, 0) is 27.5 Å². The van der Waals surface area contributed by atoms with Crippen molar-refractivity contribution in [2.45, 2.75) is 0 Å². The molecular weight excluding hydrogens is 209 g/mol. The predicted molar refractivity (Wildman–Crippen MR) is 24.2 cm³/mol. The van der Waals surface area contributed by atoms with E-state index >= 15 is 0 Å². The molecule has 0 bridgehead atoms. The van der Waals surface area contributed by atoms with Gasteiger partial charge in [-0.1, -0.05) is 0 Å². The molecule has 0 aliphatic carbocycles. The molecule has 0 saturated carbocycles. The fraction of sp³-hybridized carbons (Fsp3) is 0. The van der Waals surface area contributed by atoms with Crippen molar-refractivity contribution in [3.63, 3.8) is 0 Å². The molecule has 0 rings (SSSR count). The molecule has 8 heavy (non-hydrogen) atoms. The van der Waals surface area contributed by atoms with Crippen LogP contribution >= 0.6 is 11.8 Å². The summed E-state index contributed by atoms with van der Waals surface area (Å²) in [6.07, 6.45) is 0. The van der Waals surface area contributed by atoms with Gasteiger partial charge in [0.2, 0.25) is 0 Å².